The van der Waals surface area contributed by atoms with E-state index in [2.05, 4.69) is 53.8 Å². The van der Waals surface area contributed by atoms with Gasteiger partial charge in [-0.15, -0.1) is 0 Å². The van der Waals surface area contributed by atoms with Gasteiger partial charge in [-0.25, -0.2) is 4.98 Å². The Labute approximate surface area is 149 Å². The maximum Gasteiger partial charge on any atom is 0.219 e. The van der Waals surface area contributed by atoms with E-state index in [-0.39, 0.29) is 11.9 Å². The van der Waals surface area contributed by atoms with Crippen molar-refractivity contribution >= 4 is 11.6 Å². The van der Waals surface area contributed by atoms with Gasteiger partial charge >= 0.3 is 0 Å². The number of aromatic nitrogens is 2. The third-order valence-electron chi connectivity index (χ3n) is 5.07. The Morgan fingerprint density at radius 2 is 2.16 bits per heavy atom. The van der Waals surface area contributed by atoms with Gasteiger partial charge in [0.1, 0.15) is 5.65 Å². The molecule has 3 rings (SSSR count). The summed E-state index contributed by atoms with van der Waals surface area (Å²) in [6, 6.07) is 4.36. The molecule has 5 heteroatoms. The summed E-state index contributed by atoms with van der Waals surface area (Å²) >= 11 is 0. The van der Waals surface area contributed by atoms with Crippen LogP contribution >= 0.6 is 0 Å². The van der Waals surface area contributed by atoms with E-state index in [1.54, 1.807) is 6.92 Å². The number of nitrogens with zero attached hydrogens (tertiary/aromatic N) is 4. The van der Waals surface area contributed by atoms with Crippen molar-refractivity contribution in [3.05, 3.63) is 47.4 Å². The lowest BCUT2D eigenvalue weighted by Gasteiger charge is -2.34. The van der Waals surface area contributed by atoms with Crippen LogP contribution in [-0.2, 0) is 11.3 Å². The number of hydrogen-bond acceptors (Lipinski definition) is 3. The average Bonchev–Trinajstić information content (AvgIpc) is 2.97. The third kappa shape index (κ3) is 3.93. The van der Waals surface area contributed by atoms with Gasteiger partial charge in [-0.1, -0.05) is 19.1 Å². The van der Waals surface area contributed by atoms with Crippen molar-refractivity contribution in [2.24, 2.45) is 0 Å². The predicted octanol–water partition coefficient (Wildman–Crippen LogP) is 3.03. The zero-order valence-corrected chi connectivity index (χ0v) is 15.7. The minimum atomic E-state index is 0.126. The number of pyridine rings is 1. The lowest BCUT2D eigenvalue weighted by atomic mass is 9.98. The van der Waals surface area contributed by atoms with E-state index in [0.29, 0.717) is 0 Å². The second-order valence-electron chi connectivity index (χ2n) is 7.04. The maximum absolute atomic E-state index is 11.8. The van der Waals surface area contributed by atoms with Crippen LogP contribution in [0.2, 0.25) is 0 Å². The molecule has 5 nitrogen and oxygen atoms in total. The monoisotopic (exact) mass is 340 g/mol. The summed E-state index contributed by atoms with van der Waals surface area (Å²) in [5.74, 6) is 0.126. The van der Waals surface area contributed by atoms with E-state index in [0.717, 1.165) is 43.8 Å². The largest absolute Gasteiger partial charge is 0.339 e. The minimum Gasteiger partial charge on any atom is -0.339 e. The van der Waals surface area contributed by atoms with Crippen LogP contribution in [0.25, 0.3) is 5.65 Å². The number of hydrogen-bond donors (Lipinski definition) is 0. The Morgan fingerprint density at radius 1 is 1.36 bits per heavy atom. The van der Waals surface area contributed by atoms with Crippen LogP contribution in [0.15, 0.2) is 36.2 Å². The minimum absolute atomic E-state index is 0.126. The molecule has 2 aromatic heterocycles. The van der Waals surface area contributed by atoms with Crippen molar-refractivity contribution in [1.29, 1.82) is 0 Å². The molecular formula is C20H28N4O. The van der Waals surface area contributed by atoms with Gasteiger partial charge in [0.05, 0.1) is 11.7 Å². The molecule has 1 aliphatic heterocycles. The van der Waals surface area contributed by atoms with Gasteiger partial charge in [-0.05, 0) is 37.0 Å². The predicted molar refractivity (Wildman–Crippen MR) is 100 cm³/mol. The van der Waals surface area contributed by atoms with Crippen LogP contribution in [0, 0.1) is 6.92 Å². The molecule has 0 saturated heterocycles. The molecule has 1 atom stereocenters. The molecule has 0 saturated carbocycles. The van der Waals surface area contributed by atoms with Crippen molar-refractivity contribution in [3.8, 4) is 0 Å². The molecule has 0 unspecified atom stereocenters. The van der Waals surface area contributed by atoms with Gasteiger partial charge in [-0.3, -0.25) is 9.69 Å². The van der Waals surface area contributed by atoms with E-state index >= 15 is 0 Å². The van der Waals surface area contributed by atoms with Gasteiger partial charge in [0.2, 0.25) is 5.91 Å². The van der Waals surface area contributed by atoms with Crippen LogP contribution in [0.5, 0.6) is 0 Å². The summed E-state index contributed by atoms with van der Waals surface area (Å²) in [6.07, 6.45) is 8.53. The summed E-state index contributed by atoms with van der Waals surface area (Å²) in [5.41, 5.74) is 4.68. The maximum atomic E-state index is 11.8. The first-order valence-corrected chi connectivity index (χ1v) is 9.07. The quantitative estimate of drug-likeness (QED) is 0.786. The van der Waals surface area contributed by atoms with E-state index in [4.69, 9.17) is 4.98 Å². The molecule has 0 fully saturated rings. The molecule has 3 heterocycles. The molecule has 1 aliphatic rings. The van der Waals surface area contributed by atoms with Crippen LogP contribution in [0.3, 0.4) is 0 Å². The lowest BCUT2D eigenvalue weighted by molar-refractivity contribution is -0.129. The van der Waals surface area contributed by atoms with E-state index < -0.39 is 0 Å². The molecule has 134 valence electrons. The van der Waals surface area contributed by atoms with Crippen molar-refractivity contribution in [2.75, 3.05) is 20.1 Å². The Bertz CT molecular complexity index is 792. The van der Waals surface area contributed by atoms with Gasteiger partial charge in [-0.2, -0.15) is 0 Å². The van der Waals surface area contributed by atoms with Crippen molar-refractivity contribution < 1.29 is 4.79 Å². The molecule has 0 N–H and O–H groups in total. The summed E-state index contributed by atoms with van der Waals surface area (Å²) in [6.45, 7) is 8.67. The fourth-order valence-corrected chi connectivity index (χ4v) is 3.68. The number of likely N-dealkylation sites (N-methyl/N-ethyl adjacent to an activating group) is 1. The molecule has 0 aliphatic carbocycles. The molecule has 0 bridgehead atoms. The number of aryl methyl sites for hydroxylation is 1. The highest BCUT2D eigenvalue weighted by atomic mass is 16.2. The van der Waals surface area contributed by atoms with Gasteiger partial charge in [0.15, 0.2) is 0 Å². The Morgan fingerprint density at radius 3 is 2.88 bits per heavy atom. The first-order valence-electron chi connectivity index (χ1n) is 9.07. The summed E-state index contributed by atoms with van der Waals surface area (Å²) < 4.78 is 2.10. The molecule has 1 amide bonds. The standard InChI is InChI=1S/C20H28N4O/c1-5-19(22(4)16(3)25)17-7-6-10-23(12-17)13-18-14-24-11-15(2)8-9-20(24)21-18/h7-9,11,14,19H,5-6,10,12-13H2,1-4H3/t19-/m0/s1. The number of carbonyl (C=O) groups is 1. The Hall–Kier alpha value is -2.14. The van der Waals surface area contributed by atoms with Crippen molar-refractivity contribution in [3.63, 3.8) is 0 Å². The first-order chi connectivity index (χ1) is 12.0. The molecule has 25 heavy (non-hydrogen) atoms. The van der Waals surface area contributed by atoms with Crippen LogP contribution in [0.4, 0.5) is 0 Å². The zero-order chi connectivity index (χ0) is 18.0. The van der Waals surface area contributed by atoms with E-state index in [1.165, 1.54) is 11.1 Å². The van der Waals surface area contributed by atoms with Crippen LogP contribution in [-0.4, -0.2) is 51.3 Å². The second kappa shape index (κ2) is 7.40. The summed E-state index contributed by atoms with van der Waals surface area (Å²) in [4.78, 5) is 20.8. The van der Waals surface area contributed by atoms with Gasteiger partial charge in [0.25, 0.3) is 0 Å². The number of imidazole rings is 1. The highest BCUT2D eigenvalue weighted by Gasteiger charge is 2.24. The number of fused-ring (bicyclic) bond motifs is 1. The van der Waals surface area contributed by atoms with E-state index in [1.807, 2.05) is 11.9 Å². The fourth-order valence-electron chi connectivity index (χ4n) is 3.68. The van der Waals surface area contributed by atoms with Crippen molar-refractivity contribution in [1.82, 2.24) is 19.2 Å². The van der Waals surface area contributed by atoms with Crippen LogP contribution < -0.4 is 0 Å². The second-order valence-corrected chi connectivity index (χ2v) is 7.04. The lowest BCUT2D eigenvalue weighted by Crippen LogP contribution is -2.41. The van der Waals surface area contributed by atoms with Crippen LogP contribution in [0.1, 0.15) is 37.9 Å². The Balaban J connectivity index is 1.71. The molecular weight excluding hydrogens is 312 g/mol. The number of amides is 1. The normalized spacial score (nSPS) is 16.7. The Kier molecular flexibility index (Phi) is 5.23. The summed E-state index contributed by atoms with van der Waals surface area (Å²) in [5, 5.41) is 0. The number of rotatable bonds is 5. The van der Waals surface area contributed by atoms with Crippen molar-refractivity contribution in [2.45, 2.75) is 46.2 Å². The zero-order valence-electron chi connectivity index (χ0n) is 15.7. The highest BCUT2D eigenvalue weighted by molar-refractivity contribution is 5.73. The highest BCUT2D eigenvalue weighted by Crippen LogP contribution is 2.21. The third-order valence-corrected chi connectivity index (χ3v) is 5.07. The molecule has 2 aromatic rings. The van der Waals surface area contributed by atoms with E-state index in [9.17, 15) is 4.79 Å². The molecule has 0 spiro atoms. The molecule has 0 radical (unpaired) electrons. The first kappa shape index (κ1) is 17.7. The average molecular weight is 340 g/mol. The molecule has 0 aromatic carbocycles. The smallest absolute Gasteiger partial charge is 0.219 e. The number of carbonyl (C=O) groups excluding carboxylic acids is 1. The van der Waals surface area contributed by atoms with Gasteiger partial charge < -0.3 is 9.30 Å². The SMILES string of the molecule is CC[C@@H](C1=CCCN(Cc2cn3cc(C)ccc3n2)C1)N(C)C(C)=O. The fraction of sp³-hybridized carbons (Fsp3) is 0.500. The summed E-state index contributed by atoms with van der Waals surface area (Å²) in [7, 11) is 1.90. The van der Waals surface area contributed by atoms with Gasteiger partial charge in [0, 0.05) is 46.0 Å². The topological polar surface area (TPSA) is 40.9 Å².